The number of methoxy groups -OCH3 is 1. The highest BCUT2D eigenvalue weighted by Crippen LogP contribution is 2.35. The van der Waals surface area contributed by atoms with Crippen molar-refractivity contribution < 1.29 is 28.0 Å². The van der Waals surface area contributed by atoms with Crippen LogP contribution in [0.3, 0.4) is 0 Å². The summed E-state index contributed by atoms with van der Waals surface area (Å²) in [4.78, 5) is 24.7. The van der Waals surface area contributed by atoms with Gasteiger partial charge in [0.05, 0.1) is 24.8 Å². The molecule has 0 atom stereocenters. The number of halogens is 2. The molecule has 0 saturated heterocycles. The molecule has 1 rings (SSSR count). The maximum absolute atomic E-state index is 12.7. The van der Waals surface area contributed by atoms with Crippen LogP contribution in [0.4, 0.5) is 14.5 Å². The summed E-state index contributed by atoms with van der Waals surface area (Å²) in [7, 11) is 1.13. The van der Waals surface area contributed by atoms with Gasteiger partial charge in [-0.15, -0.1) is 0 Å². The predicted molar refractivity (Wildman–Crippen MR) is 58.4 cm³/mol. The van der Waals surface area contributed by atoms with Gasteiger partial charge < -0.3 is 9.47 Å². The van der Waals surface area contributed by atoms with E-state index in [1.54, 1.807) is 0 Å². The van der Waals surface area contributed by atoms with Gasteiger partial charge in [0.25, 0.3) is 6.43 Å². The molecule has 0 amide bonds. The highest BCUT2D eigenvalue weighted by atomic mass is 19.3. The monoisotopic (exact) mass is 276 g/mol. The van der Waals surface area contributed by atoms with Crippen LogP contribution in [0, 0.1) is 10.1 Å². The molecule has 0 radical (unpaired) electrons. The van der Waals surface area contributed by atoms with E-state index in [2.05, 4.69) is 9.72 Å². The van der Waals surface area contributed by atoms with Crippen LogP contribution < -0.4 is 4.74 Å². The zero-order chi connectivity index (χ0) is 14.6. The summed E-state index contributed by atoms with van der Waals surface area (Å²) < 4.78 is 34.7. The third kappa shape index (κ3) is 2.92. The summed E-state index contributed by atoms with van der Waals surface area (Å²) >= 11 is 0. The Morgan fingerprint density at radius 3 is 2.63 bits per heavy atom. The first-order chi connectivity index (χ1) is 8.93. The Morgan fingerprint density at radius 1 is 1.58 bits per heavy atom. The molecule has 19 heavy (non-hydrogen) atoms. The van der Waals surface area contributed by atoms with Gasteiger partial charge in [-0.05, 0) is 6.92 Å². The second-order valence-electron chi connectivity index (χ2n) is 3.21. The van der Waals surface area contributed by atoms with Crippen molar-refractivity contribution in [2.24, 2.45) is 0 Å². The van der Waals surface area contributed by atoms with Crippen LogP contribution in [0.5, 0.6) is 5.75 Å². The van der Waals surface area contributed by atoms with Crippen molar-refractivity contribution >= 4 is 11.7 Å². The normalized spacial score (nSPS) is 10.4. The Kier molecular flexibility index (Phi) is 4.67. The fourth-order valence-electron chi connectivity index (χ4n) is 1.40. The van der Waals surface area contributed by atoms with Gasteiger partial charge in [0.1, 0.15) is 0 Å². The number of nitro groups is 1. The fraction of sp³-hybridized carbons (Fsp3) is 0.400. The molecule has 0 N–H and O–H groups in total. The van der Waals surface area contributed by atoms with Crippen molar-refractivity contribution in [1.29, 1.82) is 0 Å². The minimum atomic E-state index is -3.19. The van der Waals surface area contributed by atoms with Crippen LogP contribution in [-0.2, 0) is 4.74 Å². The standard InChI is InChI=1S/C10H10F2N2O5/c1-3-19-10(15)6-5(18-2)4-13-7(9(11)12)8(6)14(16)17/h4,9H,3H2,1-2H3. The molecule has 0 unspecified atom stereocenters. The number of aromatic nitrogens is 1. The number of alkyl halides is 2. The van der Waals surface area contributed by atoms with Crippen molar-refractivity contribution in [1.82, 2.24) is 4.98 Å². The van der Waals surface area contributed by atoms with Gasteiger partial charge in [0.2, 0.25) is 0 Å². The highest BCUT2D eigenvalue weighted by Gasteiger charge is 2.34. The Hall–Kier alpha value is -2.32. The zero-order valence-corrected chi connectivity index (χ0v) is 10.1. The van der Waals surface area contributed by atoms with Crippen LogP contribution in [0.2, 0.25) is 0 Å². The second kappa shape index (κ2) is 6.03. The molecule has 1 aromatic rings. The summed E-state index contributed by atoms with van der Waals surface area (Å²) in [5, 5.41) is 10.9. The first-order valence-electron chi connectivity index (χ1n) is 5.10. The Labute approximate surface area is 106 Å². The molecule has 7 nitrogen and oxygen atoms in total. The summed E-state index contributed by atoms with van der Waals surface area (Å²) in [6.07, 6.45) is -2.37. The molecule has 9 heteroatoms. The van der Waals surface area contributed by atoms with Gasteiger partial charge in [-0.1, -0.05) is 0 Å². The minimum Gasteiger partial charge on any atom is -0.494 e. The quantitative estimate of drug-likeness (QED) is 0.464. The number of ether oxygens (including phenoxy) is 2. The molecule has 0 fully saturated rings. The number of pyridine rings is 1. The molecular formula is C10H10F2N2O5. The smallest absolute Gasteiger partial charge is 0.349 e. The number of nitrogens with zero attached hydrogens (tertiary/aromatic N) is 2. The van der Waals surface area contributed by atoms with Crippen molar-refractivity contribution in [3.63, 3.8) is 0 Å². The maximum Gasteiger partial charge on any atom is 0.349 e. The van der Waals surface area contributed by atoms with E-state index in [0.29, 0.717) is 0 Å². The molecule has 0 aliphatic rings. The van der Waals surface area contributed by atoms with Gasteiger partial charge in [0, 0.05) is 0 Å². The Morgan fingerprint density at radius 2 is 2.21 bits per heavy atom. The first-order valence-corrected chi connectivity index (χ1v) is 5.10. The molecule has 0 aliphatic heterocycles. The van der Waals surface area contributed by atoms with E-state index in [4.69, 9.17) is 4.74 Å². The summed E-state index contributed by atoms with van der Waals surface area (Å²) in [5.74, 6) is -1.41. The predicted octanol–water partition coefficient (Wildman–Crippen LogP) is 2.11. The van der Waals surface area contributed by atoms with Gasteiger partial charge in [-0.25, -0.2) is 18.6 Å². The first kappa shape index (κ1) is 14.7. The van der Waals surface area contributed by atoms with Crippen LogP contribution in [0.1, 0.15) is 29.4 Å². The molecular weight excluding hydrogens is 266 g/mol. The SMILES string of the molecule is CCOC(=O)c1c(OC)cnc(C(F)F)c1[N+](=O)[O-]. The molecule has 0 saturated carbocycles. The number of carbonyl (C=O) groups is 1. The largest absolute Gasteiger partial charge is 0.494 e. The average molecular weight is 276 g/mol. The van der Waals surface area contributed by atoms with Gasteiger partial charge in [-0.2, -0.15) is 0 Å². The molecule has 104 valence electrons. The van der Waals surface area contributed by atoms with E-state index in [1.807, 2.05) is 0 Å². The van der Waals surface area contributed by atoms with E-state index in [9.17, 15) is 23.7 Å². The van der Waals surface area contributed by atoms with Crippen LogP contribution in [0.15, 0.2) is 6.20 Å². The fourth-order valence-corrected chi connectivity index (χ4v) is 1.40. The lowest BCUT2D eigenvalue weighted by atomic mass is 10.1. The van der Waals surface area contributed by atoms with Crippen LogP contribution in [0.25, 0.3) is 0 Å². The van der Waals surface area contributed by atoms with Crippen LogP contribution >= 0.6 is 0 Å². The lowest BCUT2D eigenvalue weighted by Gasteiger charge is -2.10. The molecule has 0 aliphatic carbocycles. The van der Waals surface area contributed by atoms with Gasteiger partial charge in [-0.3, -0.25) is 10.1 Å². The average Bonchev–Trinajstić information content (AvgIpc) is 2.36. The summed E-state index contributed by atoms with van der Waals surface area (Å²) in [5.41, 5.74) is -2.87. The maximum atomic E-state index is 12.7. The summed E-state index contributed by atoms with van der Waals surface area (Å²) in [6.45, 7) is 1.41. The number of hydrogen-bond donors (Lipinski definition) is 0. The van der Waals surface area contributed by atoms with E-state index in [1.165, 1.54) is 6.92 Å². The van der Waals surface area contributed by atoms with E-state index in [-0.39, 0.29) is 12.4 Å². The van der Waals surface area contributed by atoms with E-state index < -0.39 is 34.3 Å². The Balaban J connectivity index is 3.57. The van der Waals surface area contributed by atoms with Crippen molar-refractivity contribution in [2.45, 2.75) is 13.3 Å². The van der Waals surface area contributed by atoms with Crippen molar-refractivity contribution in [3.8, 4) is 5.75 Å². The highest BCUT2D eigenvalue weighted by molar-refractivity contribution is 5.97. The van der Waals surface area contributed by atoms with E-state index in [0.717, 1.165) is 13.3 Å². The molecule has 1 heterocycles. The number of rotatable bonds is 5. The van der Waals surface area contributed by atoms with Crippen molar-refractivity contribution in [2.75, 3.05) is 13.7 Å². The molecule has 0 aromatic carbocycles. The third-order valence-corrected chi connectivity index (χ3v) is 2.14. The van der Waals surface area contributed by atoms with E-state index >= 15 is 0 Å². The third-order valence-electron chi connectivity index (χ3n) is 2.14. The van der Waals surface area contributed by atoms with Crippen LogP contribution in [-0.4, -0.2) is 29.6 Å². The number of esters is 1. The summed E-state index contributed by atoms with van der Waals surface area (Å²) in [6, 6.07) is 0. The number of hydrogen-bond acceptors (Lipinski definition) is 6. The zero-order valence-electron chi connectivity index (χ0n) is 10.1. The van der Waals surface area contributed by atoms with Gasteiger partial charge in [0.15, 0.2) is 17.0 Å². The molecule has 0 spiro atoms. The lowest BCUT2D eigenvalue weighted by molar-refractivity contribution is -0.387. The molecule has 0 bridgehead atoms. The number of carbonyl (C=O) groups excluding carboxylic acids is 1. The lowest BCUT2D eigenvalue weighted by Crippen LogP contribution is -2.13. The van der Waals surface area contributed by atoms with Crippen molar-refractivity contribution in [3.05, 3.63) is 27.6 Å². The topological polar surface area (TPSA) is 91.6 Å². The minimum absolute atomic E-state index is 0.0640. The molecule has 1 aromatic heterocycles. The van der Waals surface area contributed by atoms with Gasteiger partial charge >= 0.3 is 11.7 Å². The Bertz CT molecular complexity index is 507. The second-order valence-corrected chi connectivity index (χ2v) is 3.21.